The van der Waals surface area contributed by atoms with Gasteiger partial charge in [-0.2, -0.15) is 9.41 Å². The summed E-state index contributed by atoms with van der Waals surface area (Å²) in [5.41, 5.74) is 1.61. The molecule has 14 heteroatoms. The number of sulfonamides is 1. The van der Waals surface area contributed by atoms with Gasteiger partial charge >= 0.3 is 0 Å². The van der Waals surface area contributed by atoms with Gasteiger partial charge in [-0.05, 0) is 18.2 Å². The molecule has 2 aromatic carbocycles. The summed E-state index contributed by atoms with van der Waals surface area (Å²) in [5.74, 6) is 0.524. The largest absolute Gasteiger partial charge is 0.454 e. The fourth-order valence-electron chi connectivity index (χ4n) is 3.01. The predicted molar refractivity (Wildman–Crippen MR) is 114 cm³/mol. The van der Waals surface area contributed by atoms with Gasteiger partial charge in [0.05, 0.1) is 32.6 Å². The minimum absolute atomic E-state index is 0.0692. The second kappa shape index (κ2) is 9.15. The summed E-state index contributed by atoms with van der Waals surface area (Å²) < 4.78 is 36.8. The van der Waals surface area contributed by atoms with E-state index >= 15 is 0 Å². The minimum Gasteiger partial charge on any atom is -0.454 e. The monoisotopic (exact) mass is 465 g/mol. The van der Waals surface area contributed by atoms with Gasteiger partial charge in [-0.25, -0.2) is 8.42 Å². The zero-order valence-electron chi connectivity index (χ0n) is 17.0. The van der Waals surface area contributed by atoms with Crippen molar-refractivity contribution in [2.75, 3.05) is 25.3 Å². The topological polar surface area (TPSA) is 167 Å². The van der Waals surface area contributed by atoms with Crippen LogP contribution in [-0.4, -0.2) is 48.7 Å². The van der Waals surface area contributed by atoms with Crippen LogP contribution in [0.2, 0.25) is 0 Å². The summed E-state index contributed by atoms with van der Waals surface area (Å²) in [6.45, 7) is 3.68. The molecule has 0 saturated carbocycles. The van der Waals surface area contributed by atoms with E-state index < -0.39 is 25.6 Å². The van der Waals surface area contributed by atoms with Crippen LogP contribution in [0.5, 0.6) is 11.5 Å². The third-order valence-electron chi connectivity index (χ3n) is 4.62. The Labute approximate surface area is 182 Å². The third kappa shape index (κ3) is 4.45. The van der Waals surface area contributed by atoms with Crippen molar-refractivity contribution in [3.8, 4) is 11.5 Å². The molecule has 0 saturated heterocycles. The number of rotatable bonds is 9. The molecule has 0 aliphatic carbocycles. The van der Waals surface area contributed by atoms with E-state index in [0.29, 0.717) is 5.75 Å². The van der Waals surface area contributed by atoms with Crippen LogP contribution in [0.15, 0.2) is 40.3 Å². The van der Waals surface area contributed by atoms with Gasteiger partial charge in [0.25, 0.3) is 11.4 Å². The van der Waals surface area contributed by atoms with Gasteiger partial charge in [-0.15, -0.1) is 0 Å². The molecule has 0 spiro atoms. The average molecular weight is 465 g/mol. The van der Waals surface area contributed by atoms with E-state index in [0.717, 1.165) is 12.3 Å². The normalized spacial score (nSPS) is 13.0. The molecule has 1 heterocycles. The second-order valence-corrected chi connectivity index (χ2v) is 8.35. The van der Waals surface area contributed by atoms with E-state index in [-0.39, 0.29) is 47.5 Å². The first kappa shape index (κ1) is 22.9. The zero-order valence-corrected chi connectivity index (χ0v) is 17.9. The molecule has 13 nitrogen and oxygen atoms in total. The molecule has 0 aromatic heterocycles. The summed E-state index contributed by atoms with van der Waals surface area (Å²) in [7, 11) is -3.90. The van der Waals surface area contributed by atoms with Crippen molar-refractivity contribution < 1.29 is 27.7 Å². The van der Waals surface area contributed by atoms with Crippen LogP contribution in [0.25, 0.3) is 0 Å². The highest BCUT2D eigenvalue weighted by atomic mass is 32.2. The Morgan fingerprint density at radius 3 is 2.28 bits per heavy atom. The van der Waals surface area contributed by atoms with Gasteiger partial charge in [0.1, 0.15) is 5.69 Å². The summed E-state index contributed by atoms with van der Waals surface area (Å²) >= 11 is 0. The summed E-state index contributed by atoms with van der Waals surface area (Å²) in [4.78, 5) is 21.2. The van der Waals surface area contributed by atoms with Gasteiger partial charge in [0.2, 0.25) is 16.8 Å². The lowest BCUT2D eigenvalue weighted by atomic mass is 10.1. The maximum absolute atomic E-state index is 12.6. The first-order chi connectivity index (χ1) is 15.2. The Bertz CT molecular complexity index is 1190. The second-order valence-electron chi connectivity index (χ2n) is 6.42. The van der Waals surface area contributed by atoms with Gasteiger partial charge < -0.3 is 9.47 Å². The fraction of sp³-hybridized carbons (Fsp3) is 0.278. The number of hydrogen-bond acceptors (Lipinski definition) is 10. The number of hydrogen-bond donors (Lipinski definition) is 1. The molecular weight excluding hydrogens is 446 g/mol. The fourth-order valence-corrected chi connectivity index (χ4v) is 4.49. The van der Waals surface area contributed by atoms with Crippen LogP contribution in [0.4, 0.5) is 17.1 Å². The highest BCUT2D eigenvalue weighted by Crippen LogP contribution is 2.37. The number of nitrogens with zero attached hydrogens (tertiary/aromatic N) is 4. The molecule has 0 fully saturated rings. The molecule has 1 aliphatic rings. The lowest BCUT2D eigenvalue weighted by Gasteiger charge is -2.18. The molecular formula is C18H19N5O8S. The molecule has 3 rings (SSSR count). The quantitative estimate of drug-likeness (QED) is 0.333. The van der Waals surface area contributed by atoms with E-state index in [9.17, 15) is 28.6 Å². The number of benzene rings is 2. The van der Waals surface area contributed by atoms with Crippen molar-refractivity contribution in [2.45, 2.75) is 18.7 Å². The lowest BCUT2D eigenvalue weighted by Crippen LogP contribution is -2.30. The van der Waals surface area contributed by atoms with Crippen LogP contribution in [0.3, 0.4) is 0 Å². The average Bonchev–Trinajstić information content (AvgIpc) is 3.21. The van der Waals surface area contributed by atoms with Crippen LogP contribution in [0, 0.1) is 20.2 Å². The zero-order chi connectivity index (χ0) is 23.5. The number of nitro groups is 2. The van der Waals surface area contributed by atoms with Crippen molar-refractivity contribution in [1.29, 1.82) is 0 Å². The first-order valence-corrected chi connectivity index (χ1v) is 10.8. The Balaban J connectivity index is 1.91. The van der Waals surface area contributed by atoms with Crippen molar-refractivity contribution in [3.05, 3.63) is 56.1 Å². The van der Waals surface area contributed by atoms with Crippen molar-refractivity contribution in [2.24, 2.45) is 5.10 Å². The molecule has 0 bridgehead atoms. The lowest BCUT2D eigenvalue weighted by molar-refractivity contribution is -0.385. The maximum Gasteiger partial charge on any atom is 0.295 e. The minimum atomic E-state index is -3.90. The highest BCUT2D eigenvalue weighted by molar-refractivity contribution is 7.89. The number of fused-ring (bicyclic) bond motifs is 1. The maximum atomic E-state index is 12.6. The van der Waals surface area contributed by atoms with E-state index in [4.69, 9.17) is 9.47 Å². The molecule has 170 valence electrons. The number of nitro benzene ring substituents is 2. The Hall–Kier alpha value is -3.78. The van der Waals surface area contributed by atoms with E-state index in [2.05, 4.69) is 10.5 Å². The predicted octanol–water partition coefficient (Wildman–Crippen LogP) is 2.71. The first-order valence-electron chi connectivity index (χ1n) is 9.34. The molecule has 0 atom stereocenters. The Morgan fingerprint density at radius 1 is 1.06 bits per heavy atom. The van der Waals surface area contributed by atoms with Gasteiger partial charge in [-0.1, -0.05) is 13.8 Å². The van der Waals surface area contributed by atoms with Crippen LogP contribution in [0.1, 0.15) is 19.4 Å². The standard InChI is InChI=1S/C18H19N5O8S/c1-3-21(4-2)32(28,29)13-5-6-14(16(8-13)23(26)27)20-19-10-12-7-17-18(31-11-30-17)9-15(12)22(24)25/h5-10,20H,3-4,11H2,1-2H3/b19-10-. The summed E-state index contributed by atoms with van der Waals surface area (Å²) in [5, 5.41) is 26.7. The van der Waals surface area contributed by atoms with Crippen LogP contribution >= 0.6 is 0 Å². The number of ether oxygens (including phenoxy) is 2. The molecule has 2 aromatic rings. The van der Waals surface area contributed by atoms with Gasteiger partial charge in [0.15, 0.2) is 11.5 Å². The molecule has 32 heavy (non-hydrogen) atoms. The van der Waals surface area contributed by atoms with Crippen molar-refractivity contribution in [3.63, 3.8) is 0 Å². The SMILES string of the molecule is CCN(CC)S(=O)(=O)c1ccc(N/N=C\c2cc3c(cc2[N+](=O)[O-])OCO3)c([N+](=O)[O-])c1. The van der Waals surface area contributed by atoms with E-state index in [1.807, 2.05) is 0 Å². The Morgan fingerprint density at radius 2 is 1.69 bits per heavy atom. The number of anilines is 1. The van der Waals surface area contributed by atoms with Gasteiger partial charge in [-0.3, -0.25) is 25.7 Å². The Kier molecular flexibility index (Phi) is 6.55. The number of nitrogens with one attached hydrogen (secondary N) is 1. The highest BCUT2D eigenvalue weighted by Gasteiger charge is 2.26. The molecule has 0 amide bonds. The summed E-state index contributed by atoms with van der Waals surface area (Å²) in [6.07, 6.45) is 1.10. The molecule has 1 N–H and O–H groups in total. The molecule has 0 unspecified atom stereocenters. The van der Waals surface area contributed by atoms with Crippen molar-refractivity contribution >= 4 is 33.3 Å². The van der Waals surface area contributed by atoms with Crippen molar-refractivity contribution in [1.82, 2.24) is 4.31 Å². The number of hydrazone groups is 1. The summed E-state index contributed by atoms with van der Waals surface area (Å²) in [6, 6.07) is 5.93. The smallest absolute Gasteiger partial charge is 0.295 e. The van der Waals surface area contributed by atoms with E-state index in [1.54, 1.807) is 13.8 Å². The van der Waals surface area contributed by atoms with Crippen LogP contribution in [-0.2, 0) is 10.0 Å². The molecule has 1 aliphatic heterocycles. The van der Waals surface area contributed by atoms with E-state index in [1.165, 1.54) is 28.6 Å². The molecule has 0 radical (unpaired) electrons. The third-order valence-corrected chi connectivity index (χ3v) is 6.66. The van der Waals surface area contributed by atoms with Crippen LogP contribution < -0.4 is 14.9 Å². The van der Waals surface area contributed by atoms with Gasteiger partial charge in [0, 0.05) is 19.2 Å².